The second kappa shape index (κ2) is 18.6. The van der Waals surface area contributed by atoms with E-state index in [-0.39, 0.29) is 90.5 Å². The van der Waals surface area contributed by atoms with Gasteiger partial charge in [0.1, 0.15) is 24.4 Å². The molecule has 10 heteroatoms. The smallest absolute Gasteiger partial charge is 0.307 e. The number of hydrogen-bond donors (Lipinski definition) is 0. The zero-order valence-corrected chi connectivity index (χ0v) is 34.4. The largest absolute Gasteiger partial charge is 0.458 e. The molecule has 17 atom stereocenters. The number of ketones is 1. The Morgan fingerprint density at radius 1 is 0.852 bits per heavy atom. The Kier molecular flexibility index (Phi) is 14.3. The van der Waals surface area contributed by atoms with Gasteiger partial charge in [0.2, 0.25) is 0 Å². The summed E-state index contributed by atoms with van der Waals surface area (Å²) >= 11 is 0. The van der Waals surface area contributed by atoms with Crippen LogP contribution in [0.4, 0.5) is 0 Å². The van der Waals surface area contributed by atoms with Crippen molar-refractivity contribution >= 4 is 11.8 Å². The van der Waals surface area contributed by atoms with Gasteiger partial charge in [-0.3, -0.25) is 9.59 Å². The van der Waals surface area contributed by atoms with Gasteiger partial charge < -0.3 is 38.1 Å². The second-order valence-corrected chi connectivity index (χ2v) is 17.4. The van der Waals surface area contributed by atoms with E-state index in [9.17, 15) is 9.59 Å². The van der Waals surface area contributed by atoms with Gasteiger partial charge >= 0.3 is 5.97 Å². The van der Waals surface area contributed by atoms with Crippen LogP contribution in [-0.2, 0) is 42.7 Å². The Labute approximate surface area is 324 Å². The number of carbonyl (C=O) groups is 2. The molecule has 2 saturated carbocycles. The molecule has 0 aromatic heterocycles. The van der Waals surface area contributed by atoms with E-state index in [1.807, 2.05) is 13.0 Å². The molecule has 4 aliphatic carbocycles. The van der Waals surface area contributed by atoms with Crippen LogP contribution >= 0.6 is 0 Å². The van der Waals surface area contributed by atoms with Crippen molar-refractivity contribution in [1.82, 2.24) is 4.90 Å². The maximum atomic E-state index is 14.8. The number of nitrogens with zero attached hydrogens (tertiary/aromatic N) is 1. The van der Waals surface area contributed by atoms with Crippen molar-refractivity contribution in [2.24, 2.45) is 41.4 Å². The summed E-state index contributed by atoms with van der Waals surface area (Å²) in [6, 6.07) is 0.552. The summed E-state index contributed by atoms with van der Waals surface area (Å²) in [5.74, 6) is 0.678. The Morgan fingerprint density at radius 2 is 1.61 bits per heavy atom. The minimum absolute atomic E-state index is 0.0479. The quantitative estimate of drug-likeness (QED) is 0.177. The highest BCUT2D eigenvalue weighted by Crippen LogP contribution is 2.54. The number of ether oxygens (including phenoxy) is 7. The van der Waals surface area contributed by atoms with Crippen LogP contribution in [0.2, 0.25) is 0 Å². The molecular weight excluding hydrogens is 686 g/mol. The molecule has 6 aliphatic rings. The van der Waals surface area contributed by atoms with E-state index in [0.29, 0.717) is 17.9 Å². The third kappa shape index (κ3) is 8.95. The van der Waals surface area contributed by atoms with Crippen molar-refractivity contribution in [2.75, 3.05) is 35.4 Å². The fourth-order valence-corrected chi connectivity index (χ4v) is 11.0. The topological polar surface area (TPSA) is 102 Å². The summed E-state index contributed by atoms with van der Waals surface area (Å²) in [6.07, 6.45) is 17.0. The van der Waals surface area contributed by atoms with Gasteiger partial charge in [0.15, 0.2) is 12.1 Å². The lowest BCUT2D eigenvalue weighted by Crippen LogP contribution is -2.59. The lowest BCUT2D eigenvalue weighted by molar-refractivity contribution is -0.314. The second-order valence-electron chi connectivity index (χ2n) is 17.4. The highest BCUT2D eigenvalue weighted by molar-refractivity contribution is 5.99. The highest BCUT2D eigenvalue weighted by atomic mass is 16.7. The minimum atomic E-state index is -0.590. The molecule has 2 aliphatic heterocycles. The van der Waals surface area contributed by atoms with E-state index in [2.05, 4.69) is 64.1 Å². The summed E-state index contributed by atoms with van der Waals surface area (Å²) in [4.78, 5) is 30.8. The zero-order chi connectivity index (χ0) is 38.7. The summed E-state index contributed by atoms with van der Waals surface area (Å²) in [5, 5.41) is 0. The minimum Gasteiger partial charge on any atom is -0.458 e. The Bertz CT molecular complexity index is 1360. The Balaban J connectivity index is 1.22. The van der Waals surface area contributed by atoms with Crippen LogP contribution in [-0.4, -0.2) is 113 Å². The van der Waals surface area contributed by atoms with Gasteiger partial charge in [-0.1, -0.05) is 45.1 Å². The average molecular weight is 756 g/mol. The first-order valence-corrected chi connectivity index (χ1v) is 21.0. The summed E-state index contributed by atoms with van der Waals surface area (Å²) < 4.78 is 43.6. The van der Waals surface area contributed by atoms with Gasteiger partial charge in [0, 0.05) is 39.2 Å². The van der Waals surface area contributed by atoms with Crippen LogP contribution in [0.15, 0.2) is 36.0 Å². The van der Waals surface area contributed by atoms with E-state index in [0.717, 1.165) is 63.4 Å². The lowest BCUT2D eigenvalue weighted by Gasteiger charge is -2.44. The monoisotopic (exact) mass is 755 g/mol. The predicted octanol–water partition coefficient (Wildman–Crippen LogP) is 6.71. The molecule has 0 amide bonds. The number of fused-ring (bicyclic) bond motifs is 5. The van der Waals surface area contributed by atoms with Gasteiger partial charge in [-0.05, 0) is 120 Å². The number of rotatable bonds is 10. The molecule has 10 nitrogen and oxygen atoms in total. The molecule has 304 valence electrons. The van der Waals surface area contributed by atoms with Crippen molar-refractivity contribution in [2.45, 2.75) is 153 Å². The molecule has 2 heterocycles. The number of hydrogen-bond acceptors (Lipinski definition) is 10. The summed E-state index contributed by atoms with van der Waals surface area (Å²) in [5.41, 5.74) is 0.793. The molecule has 4 fully saturated rings. The van der Waals surface area contributed by atoms with Gasteiger partial charge in [-0.25, -0.2) is 0 Å². The van der Waals surface area contributed by atoms with E-state index in [4.69, 9.17) is 33.2 Å². The van der Waals surface area contributed by atoms with E-state index in [1.54, 1.807) is 21.3 Å². The predicted molar refractivity (Wildman–Crippen MR) is 207 cm³/mol. The summed E-state index contributed by atoms with van der Waals surface area (Å²) in [6.45, 7) is 8.47. The molecule has 0 aromatic carbocycles. The van der Waals surface area contributed by atoms with Crippen molar-refractivity contribution in [3.63, 3.8) is 0 Å². The molecule has 0 aromatic rings. The van der Waals surface area contributed by atoms with Gasteiger partial charge in [-0.15, -0.1) is 0 Å². The molecular formula is C44H69NO9. The average Bonchev–Trinajstić information content (AvgIpc) is 3.72. The van der Waals surface area contributed by atoms with Crippen LogP contribution in [0, 0.1) is 41.4 Å². The van der Waals surface area contributed by atoms with Crippen molar-refractivity contribution in [3.8, 4) is 0 Å². The van der Waals surface area contributed by atoms with E-state index in [1.165, 1.54) is 0 Å². The molecule has 6 rings (SSSR count). The third-order valence-electron chi connectivity index (χ3n) is 13.8. The molecule has 0 N–H and O–H groups in total. The molecule has 9 unspecified atom stereocenters. The highest BCUT2D eigenvalue weighted by Gasteiger charge is 2.52. The van der Waals surface area contributed by atoms with Gasteiger partial charge in [0.25, 0.3) is 0 Å². The van der Waals surface area contributed by atoms with Crippen LogP contribution < -0.4 is 0 Å². The molecule has 54 heavy (non-hydrogen) atoms. The van der Waals surface area contributed by atoms with E-state index < -0.39 is 12.4 Å². The van der Waals surface area contributed by atoms with Gasteiger partial charge in [-0.2, -0.15) is 0 Å². The first kappa shape index (κ1) is 41.7. The fraction of sp³-hybridized carbons (Fsp3) is 0.818. The molecule has 0 bridgehead atoms. The van der Waals surface area contributed by atoms with Crippen molar-refractivity contribution in [1.29, 1.82) is 0 Å². The number of carbonyl (C=O) groups excluding carboxylic acids is 2. The SMILES string of the molecule is CC/C=C/[C@H]1CCC[C@H](OC2CCC(N(C)C)C(C)C2)[C@@H](C)C(=O)C2=C[C@H]3[C@@H]4C[C@H](OC5OC(C)C(OC)C(OC)C5OC)C[C@H]4C=C[C@H]3C2CC(=O)O1. The normalized spacial score (nSPS) is 44.6. The summed E-state index contributed by atoms with van der Waals surface area (Å²) in [7, 11) is 9.33. The van der Waals surface area contributed by atoms with Crippen molar-refractivity contribution in [3.05, 3.63) is 36.0 Å². The van der Waals surface area contributed by atoms with Crippen LogP contribution in [0.5, 0.6) is 0 Å². The number of methoxy groups -OCH3 is 3. The number of esters is 1. The number of cyclic esters (lactones) is 1. The molecule has 0 radical (unpaired) electrons. The number of allylic oxidation sites excluding steroid dienone is 5. The zero-order valence-electron chi connectivity index (χ0n) is 34.4. The first-order valence-electron chi connectivity index (χ1n) is 21.0. The van der Waals surface area contributed by atoms with Crippen LogP contribution in [0.3, 0.4) is 0 Å². The standard InChI is InChI=1S/C44H69NO9/c1-10-11-13-29-14-12-15-38(52-30-17-19-37(45(5)6)25(2)20-30)26(3)40(47)36-23-34-32(35(36)24-39(46)53-29)18-16-28-21-31(22-33(28)34)54-44-43(50-9)42(49-8)41(48-7)27(4)51-44/h11,13,16,18,23,25-35,37-38,41-44H,10,12,14-15,17,19-22,24H2,1-9H3/b13-11+/t25?,26-,27?,28-,29+,30?,31-,32-,33-,34-,35?,37?,38+,41?,42?,43?,44?/m1/s1. The van der Waals surface area contributed by atoms with E-state index >= 15 is 0 Å². The van der Waals surface area contributed by atoms with Crippen molar-refractivity contribution < 1.29 is 42.7 Å². The lowest BCUT2D eigenvalue weighted by atomic mass is 9.70. The fourth-order valence-electron chi connectivity index (χ4n) is 11.0. The Morgan fingerprint density at radius 3 is 2.30 bits per heavy atom. The van der Waals surface area contributed by atoms with Gasteiger partial charge in [0.05, 0.1) is 30.8 Å². The maximum absolute atomic E-state index is 14.8. The Hall–Kier alpha value is -1.92. The first-order chi connectivity index (χ1) is 26.0. The maximum Gasteiger partial charge on any atom is 0.307 e. The van der Waals surface area contributed by atoms with Crippen LogP contribution in [0.1, 0.15) is 91.9 Å². The van der Waals surface area contributed by atoms with Crippen LogP contribution in [0.25, 0.3) is 0 Å². The number of Topliss-reactive ketones (excluding diaryl/α,β-unsaturated/α-hetero) is 1. The third-order valence-corrected chi connectivity index (χ3v) is 13.8. The molecule has 0 spiro atoms. The molecule has 2 saturated heterocycles.